The highest BCUT2D eigenvalue weighted by Crippen LogP contribution is 2.37. The zero-order chi connectivity index (χ0) is 18.2. The van der Waals surface area contributed by atoms with Crippen LogP contribution >= 0.6 is 11.8 Å². The quantitative estimate of drug-likeness (QED) is 0.840. The van der Waals surface area contributed by atoms with E-state index in [2.05, 4.69) is 12.2 Å². The molecule has 0 saturated carbocycles. The second-order valence-electron chi connectivity index (χ2n) is 6.74. The second kappa shape index (κ2) is 6.71. The van der Waals surface area contributed by atoms with Gasteiger partial charge >= 0.3 is 6.03 Å². The summed E-state index contributed by atoms with van der Waals surface area (Å²) in [6.45, 7) is 6.02. The number of nitrogens with zero attached hydrogens (tertiary/aromatic N) is 2. The normalized spacial score (nSPS) is 26.3. The van der Waals surface area contributed by atoms with E-state index in [0.717, 1.165) is 21.9 Å². The summed E-state index contributed by atoms with van der Waals surface area (Å²) < 4.78 is 0. The number of amides is 4. The molecule has 3 rings (SSSR count). The largest absolute Gasteiger partial charge is 0.325 e. The first-order chi connectivity index (χ1) is 11.9. The Morgan fingerprint density at radius 2 is 2.08 bits per heavy atom. The third-order valence-electron chi connectivity index (χ3n) is 4.89. The van der Waals surface area contributed by atoms with E-state index in [1.165, 1.54) is 0 Å². The first-order valence-electron chi connectivity index (χ1n) is 8.56. The summed E-state index contributed by atoms with van der Waals surface area (Å²) in [6, 6.07) is 7.28. The maximum absolute atomic E-state index is 12.9. The third-order valence-corrected chi connectivity index (χ3v) is 6.13. The fourth-order valence-electron chi connectivity index (χ4n) is 3.10. The van der Waals surface area contributed by atoms with Crippen molar-refractivity contribution in [1.82, 2.24) is 10.2 Å². The van der Waals surface area contributed by atoms with Crippen LogP contribution in [0.2, 0.25) is 0 Å². The minimum absolute atomic E-state index is 0.229. The Kier molecular flexibility index (Phi) is 4.77. The summed E-state index contributed by atoms with van der Waals surface area (Å²) in [6.07, 6.45) is 1.35. The zero-order valence-corrected chi connectivity index (χ0v) is 15.6. The van der Waals surface area contributed by atoms with Crippen molar-refractivity contribution in [3.63, 3.8) is 0 Å². The van der Waals surface area contributed by atoms with E-state index in [1.54, 1.807) is 23.6 Å². The Bertz CT molecular complexity index is 723. The molecule has 1 aromatic carbocycles. The highest BCUT2D eigenvalue weighted by Gasteiger charge is 2.47. The topological polar surface area (TPSA) is 69.7 Å². The summed E-state index contributed by atoms with van der Waals surface area (Å²) in [5.74, 6) is -0.565. The molecule has 2 aliphatic rings. The molecule has 7 heteroatoms. The molecule has 2 aliphatic heterocycles. The number of fused-ring (bicyclic) bond motifs is 1. The molecule has 6 nitrogen and oxygen atoms in total. The summed E-state index contributed by atoms with van der Waals surface area (Å²) in [7, 11) is 0. The van der Waals surface area contributed by atoms with Gasteiger partial charge in [0.05, 0.1) is 5.69 Å². The maximum Gasteiger partial charge on any atom is 0.325 e. The molecule has 0 aromatic heterocycles. The van der Waals surface area contributed by atoms with Crippen LogP contribution in [0.25, 0.3) is 0 Å². The molecule has 1 N–H and O–H groups in total. The number of imide groups is 1. The number of thioether (sulfide) groups is 1. The number of rotatable bonds is 3. The maximum atomic E-state index is 12.9. The summed E-state index contributed by atoms with van der Waals surface area (Å²) in [5, 5.41) is 3.09. The number of urea groups is 1. The molecule has 0 spiro atoms. The minimum Gasteiger partial charge on any atom is -0.323 e. The summed E-state index contributed by atoms with van der Waals surface area (Å²) in [4.78, 5) is 41.4. The average molecular weight is 361 g/mol. The molecular weight excluding hydrogens is 338 g/mol. The Labute approximate surface area is 151 Å². The summed E-state index contributed by atoms with van der Waals surface area (Å²) >= 11 is 1.75. The first kappa shape index (κ1) is 17.8. The Morgan fingerprint density at radius 1 is 1.36 bits per heavy atom. The van der Waals surface area contributed by atoms with Crippen molar-refractivity contribution >= 4 is 35.3 Å². The van der Waals surface area contributed by atoms with Gasteiger partial charge in [0.1, 0.15) is 12.1 Å². The van der Waals surface area contributed by atoms with Gasteiger partial charge in [0.2, 0.25) is 5.91 Å². The molecule has 1 saturated heterocycles. The molecule has 134 valence electrons. The van der Waals surface area contributed by atoms with Crippen LogP contribution in [-0.2, 0) is 9.59 Å². The van der Waals surface area contributed by atoms with Crippen LogP contribution < -0.4 is 10.2 Å². The van der Waals surface area contributed by atoms with Gasteiger partial charge in [-0.25, -0.2) is 4.79 Å². The van der Waals surface area contributed by atoms with E-state index in [1.807, 2.05) is 31.2 Å². The van der Waals surface area contributed by atoms with E-state index < -0.39 is 11.6 Å². The SMILES string of the molecule is CC[C@@]1(C)NC(=O)N(CC(=O)N2CC[C@H](C)Sc3ccccc32)C1=O. The third kappa shape index (κ3) is 3.25. The number of carbonyl (C=O) groups is 3. The molecule has 25 heavy (non-hydrogen) atoms. The van der Waals surface area contributed by atoms with Gasteiger partial charge < -0.3 is 10.2 Å². The molecule has 0 radical (unpaired) electrons. The van der Waals surface area contributed by atoms with Crippen LogP contribution in [0.15, 0.2) is 29.2 Å². The van der Waals surface area contributed by atoms with Crippen molar-refractivity contribution in [2.75, 3.05) is 18.0 Å². The van der Waals surface area contributed by atoms with Crippen molar-refractivity contribution in [1.29, 1.82) is 0 Å². The van der Waals surface area contributed by atoms with Crippen molar-refractivity contribution in [3.05, 3.63) is 24.3 Å². The predicted octanol–water partition coefficient (Wildman–Crippen LogP) is 2.62. The van der Waals surface area contributed by atoms with Crippen molar-refractivity contribution in [2.45, 2.75) is 49.3 Å². The number of hydrogen-bond acceptors (Lipinski definition) is 4. The number of para-hydroxylation sites is 1. The monoisotopic (exact) mass is 361 g/mol. The minimum atomic E-state index is -0.918. The van der Waals surface area contributed by atoms with Gasteiger partial charge in [0.15, 0.2) is 0 Å². The lowest BCUT2D eigenvalue weighted by atomic mass is 9.99. The van der Waals surface area contributed by atoms with Crippen LogP contribution in [0.4, 0.5) is 10.5 Å². The van der Waals surface area contributed by atoms with E-state index >= 15 is 0 Å². The predicted molar refractivity (Wildman–Crippen MR) is 97.7 cm³/mol. The molecule has 0 aliphatic carbocycles. The van der Waals surface area contributed by atoms with Crippen molar-refractivity contribution in [3.8, 4) is 0 Å². The standard InChI is InChI=1S/C18H23N3O3S/c1-4-18(3)16(23)21(17(24)19-18)11-15(22)20-10-9-12(2)25-14-8-6-5-7-13(14)20/h5-8,12H,4,9-11H2,1-3H3,(H,19,24)/t12-,18+/m0/s1. The molecular formula is C18H23N3O3S. The van der Waals surface area contributed by atoms with Crippen LogP contribution in [-0.4, -0.2) is 46.6 Å². The number of carbonyl (C=O) groups excluding carboxylic acids is 3. The zero-order valence-electron chi connectivity index (χ0n) is 14.7. The van der Waals surface area contributed by atoms with E-state index in [9.17, 15) is 14.4 Å². The first-order valence-corrected chi connectivity index (χ1v) is 9.44. The van der Waals surface area contributed by atoms with E-state index in [-0.39, 0.29) is 18.4 Å². The highest BCUT2D eigenvalue weighted by molar-refractivity contribution is 8.00. The van der Waals surface area contributed by atoms with Crippen LogP contribution in [0.5, 0.6) is 0 Å². The van der Waals surface area contributed by atoms with E-state index in [0.29, 0.717) is 18.2 Å². The molecule has 2 atom stereocenters. The van der Waals surface area contributed by atoms with Gasteiger partial charge in [-0.15, -0.1) is 11.8 Å². The highest BCUT2D eigenvalue weighted by atomic mass is 32.2. The molecule has 0 unspecified atom stereocenters. The van der Waals surface area contributed by atoms with Crippen molar-refractivity contribution < 1.29 is 14.4 Å². The van der Waals surface area contributed by atoms with Crippen molar-refractivity contribution in [2.24, 2.45) is 0 Å². The lowest BCUT2D eigenvalue weighted by molar-refractivity contribution is -0.134. The van der Waals surface area contributed by atoms with Gasteiger partial charge in [-0.2, -0.15) is 0 Å². The van der Waals surface area contributed by atoms with Gasteiger partial charge in [-0.1, -0.05) is 26.0 Å². The number of hydrogen-bond donors (Lipinski definition) is 1. The van der Waals surface area contributed by atoms with Gasteiger partial charge in [0.25, 0.3) is 5.91 Å². The Morgan fingerprint density at radius 3 is 2.76 bits per heavy atom. The fourth-order valence-corrected chi connectivity index (χ4v) is 4.21. The van der Waals surface area contributed by atoms with Crippen LogP contribution in [0, 0.1) is 0 Å². The number of nitrogens with one attached hydrogen (secondary N) is 1. The lowest BCUT2D eigenvalue weighted by Crippen LogP contribution is -2.45. The smallest absolute Gasteiger partial charge is 0.323 e. The molecule has 1 aromatic rings. The van der Waals surface area contributed by atoms with Gasteiger partial charge in [-0.3, -0.25) is 14.5 Å². The van der Waals surface area contributed by atoms with Gasteiger partial charge in [0, 0.05) is 16.7 Å². The Balaban J connectivity index is 1.82. The fraction of sp³-hybridized carbons (Fsp3) is 0.500. The lowest BCUT2D eigenvalue weighted by Gasteiger charge is -2.25. The average Bonchev–Trinajstić information content (AvgIpc) is 2.73. The molecule has 1 fully saturated rings. The number of anilines is 1. The number of benzene rings is 1. The Hall–Kier alpha value is -2.02. The molecule has 0 bridgehead atoms. The molecule has 4 amide bonds. The summed E-state index contributed by atoms with van der Waals surface area (Å²) in [5.41, 5.74) is -0.0644. The van der Waals surface area contributed by atoms with Crippen LogP contribution in [0.3, 0.4) is 0 Å². The van der Waals surface area contributed by atoms with Crippen LogP contribution in [0.1, 0.15) is 33.6 Å². The van der Waals surface area contributed by atoms with Gasteiger partial charge in [-0.05, 0) is 31.9 Å². The molecule has 2 heterocycles. The second-order valence-corrected chi connectivity index (χ2v) is 8.22. The van der Waals surface area contributed by atoms with E-state index in [4.69, 9.17) is 0 Å².